The van der Waals surface area contributed by atoms with E-state index < -0.39 is 0 Å². The van der Waals surface area contributed by atoms with E-state index in [4.69, 9.17) is 0 Å². The van der Waals surface area contributed by atoms with E-state index in [-0.39, 0.29) is 18.0 Å². The monoisotopic (exact) mass is 295 g/mol. The molecular weight excluding hydrogens is 282 g/mol. The van der Waals surface area contributed by atoms with Crippen LogP contribution in [0.4, 0.5) is 0 Å². The highest BCUT2D eigenvalue weighted by molar-refractivity contribution is 7.19. The molecule has 3 aromatic rings. The molecule has 1 aliphatic rings. The second-order valence-electron chi connectivity index (χ2n) is 4.92. The van der Waals surface area contributed by atoms with E-state index in [0.717, 1.165) is 28.9 Å². The zero-order valence-corrected chi connectivity index (χ0v) is 12.1. The maximum Gasteiger partial charge on any atom is 0.273 e. The fraction of sp³-hybridized carbons (Fsp3) is 0.385. The van der Waals surface area contributed by atoms with Crippen LogP contribution in [0.3, 0.4) is 0 Å². The van der Waals surface area contributed by atoms with Gasteiger partial charge in [-0.2, -0.15) is 0 Å². The van der Waals surface area contributed by atoms with Crippen LogP contribution in [0.1, 0.15) is 29.0 Å². The lowest BCUT2D eigenvalue weighted by Gasteiger charge is -2.10. The van der Waals surface area contributed by atoms with Crippen LogP contribution in [0.2, 0.25) is 0 Å². The summed E-state index contributed by atoms with van der Waals surface area (Å²) in [6.45, 7) is 1.91. The Labute approximate surface area is 119 Å². The van der Waals surface area contributed by atoms with Gasteiger partial charge in [-0.1, -0.05) is 0 Å². The molecule has 0 atom stereocenters. The van der Waals surface area contributed by atoms with Crippen LogP contribution in [0.5, 0.6) is 0 Å². The third-order valence-electron chi connectivity index (χ3n) is 3.81. The van der Waals surface area contributed by atoms with Gasteiger partial charge in [-0.05, 0) is 38.2 Å². The first-order valence-electron chi connectivity index (χ1n) is 6.27. The number of aromatic nitrogens is 3. The summed E-state index contributed by atoms with van der Waals surface area (Å²) in [6.07, 6.45) is 4.78. The highest BCUT2D eigenvalue weighted by Crippen LogP contribution is 2.38. The molecule has 0 spiro atoms. The molecule has 0 saturated heterocycles. The number of aromatic amines is 2. The molecule has 19 heavy (non-hydrogen) atoms. The fourth-order valence-electron chi connectivity index (χ4n) is 2.99. The van der Waals surface area contributed by atoms with Gasteiger partial charge in [-0.3, -0.25) is 15.0 Å². The Hall–Kier alpha value is -1.33. The van der Waals surface area contributed by atoms with Gasteiger partial charge < -0.3 is 0 Å². The Morgan fingerprint density at radius 3 is 2.79 bits per heavy atom. The largest absolute Gasteiger partial charge is 0.297 e. The van der Waals surface area contributed by atoms with Crippen molar-refractivity contribution in [2.24, 2.45) is 0 Å². The van der Waals surface area contributed by atoms with Crippen molar-refractivity contribution in [2.45, 2.75) is 32.6 Å². The fourth-order valence-corrected chi connectivity index (χ4v) is 4.30. The molecule has 1 aliphatic carbocycles. The second-order valence-corrected chi connectivity index (χ2v) is 6.00. The molecule has 3 heterocycles. The first kappa shape index (κ1) is 12.7. The molecule has 4 rings (SSSR count). The van der Waals surface area contributed by atoms with Gasteiger partial charge in [0.2, 0.25) is 0 Å². The molecule has 100 valence electrons. The van der Waals surface area contributed by atoms with E-state index >= 15 is 0 Å². The van der Waals surface area contributed by atoms with Gasteiger partial charge in [-0.15, -0.1) is 23.7 Å². The number of nitrogens with zero attached hydrogens (tertiary/aromatic N) is 1. The first-order valence-corrected chi connectivity index (χ1v) is 7.08. The van der Waals surface area contributed by atoms with Gasteiger partial charge in [0.05, 0.1) is 16.6 Å². The molecule has 0 aliphatic heterocycles. The Morgan fingerprint density at radius 2 is 1.95 bits per heavy atom. The van der Waals surface area contributed by atoms with Gasteiger partial charge in [0.15, 0.2) is 0 Å². The van der Waals surface area contributed by atoms with Gasteiger partial charge in [0.25, 0.3) is 5.56 Å². The minimum atomic E-state index is -0.0624. The zero-order chi connectivity index (χ0) is 12.3. The van der Waals surface area contributed by atoms with Gasteiger partial charge in [0.1, 0.15) is 4.83 Å². The van der Waals surface area contributed by atoms with E-state index in [0.29, 0.717) is 5.39 Å². The lowest BCUT2D eigenvalue weighted by atomic mass is 9.96. The number of nitrogens with one attached hydrogen (secondary N) is 2. The summed E-state index contributed by atoms with van der Waals surface area (Å²) in [5, 5.41) is 7.62. The number of H-pyrrole nitrogens is 2. The van der Waals surface area contributed by atoms with Crippen molar-refractivity contribution in [2.75, 3.05) is 0 Å². The zero-order valence-electron chi connectivity index (χ0n) is 10.5. The van der Waals surface area contributed by atoms with Gasteiger partial charge in [0, 0.05) is 10.3 Å². The van der Waals surface area contributed by atoms with Crippen molar-refractivity contribution in [3.05, 3.63) is 26.5 Å². The number of fused-ring (bicyclic) bond motifs is 5. The van der Waals surface area contributed by atoms with Crippen LogP contribution in [-0.4, -0.2) is 15.2 Å². The maximum absolute atomic E-state index is 11.8. The summed E-state index contributed by atoms with van der Waals surface area (Å²) in [5.74, 6) is 0. The number of hydrogen-bond donors (Lipinski definition) is 2. The Morgan fingerprint density at radius 1 is 1.16 bits per heavy atom. The first-order chi connectivity index (χ1) is 8.75. The van der Waals surface area contributed by atoms with Crippen molar-refractivity contribution < 1.29 is 0 Å². The summed E-state index contributed by atoms with van der Waals surface area (Å²) >= 11 is 1.79. The Bertz CT molecular complexity index is 830. The van der Waals surface area contributed by atoms with Gasteiger partial charge >= 0.3 is 0 Å². The van der Waals surface area contributed by atoms with E-state index in [1.165, 1.54) is 28.7 Å². The predicted octanol–water partition coefficient (Wildman–Crippen LogP) is 3.07. The molecular formula is C13H14ClN3OS. The van der Waals surface area contributed by atoms with Crippen LogP contribution < -0.4 is 5.56 Å². The second kappa shape index (κ2) is 4.35. The van der Waals surface area contributed by atoms with E-state index in [1.54, 1.807) is 11.3 Å². The van der Waals surface area contributed by atoms with Gasteiger partial charge in [-0.25, -0.2) is 4.98 Å². The molecule has 0 bridgehead atoms. The average Bonchev–Trinajstić information content (AvgIpc) is 2.90. The van der Waals surface area contributed by atoms with Crippen molar-refractivity contribution in [1.82, 2.24) is 15.2 Å². The van der Waals surface area contributed by atoms with Crippen molar-refractivity contribution >= 4 is 44.9 Å². The van der Waals surface area contributed by atoms with Crippen molar-refractivity contribution in [3.8, 4) is 0 Å². The third kappa shape index (κ3) is 1.65. The summed E-state index contributed by atoms with van der Waals surface area (Å²) in [6, 6.07) is 0. The molecule has 6 heteroatoms. The topological polar surface area (TPSA) is 61.5 Å². The van der Waals surface area contributed by atoms with Crippen LogP contribution in [0, 0.1) is 6.92 Å². The Kier molecular flexibility index (Phi) is 2.91. The average molecular weight is 296 g/mol. The van der Waals surface area contributed by atoms with Crippen molar-refractivity contribution in [3.63, 3.8) is 0 Å². The normalized spacial score (nSPS) is 14.6. The predicted molar refractivity (Wildman–Crippen MR) is 80.7 cm³/mol. The number of aryl methyl sites for hydroxylation is 3. The molecule has 0 amide bonds. The number of rotatable bonds is 0. The molecule has 0 unspecified atom stereocenters. The quantitative estimate of drug-likeness (QED) is 0.669. The Balaban J connectivity index is 0.00000110. The summed E-state index contributed by atoms with van der Waals surface area (Å²) in [4.78, 5) is 19.0. The van der Waals surface area contributed by atoms with Crippen LogP contribution in [0.15, 0.2) is 4.79 Å². The van der Waals surface area contributed by atoms with Crippen LogP contribution in [-0.2, 0) is 12.8 Å². The third-order valence-corrected chi connectivity index (χ3v) is 5.00. The molecule has 0 fully saturated rings. The maximum atomic E-state index is 11.8. The number of halogens is 1. The molecule has 2 N–H and O–H groups in total. The minimum Gasteiger partial charge on any atom is -0.297 e. The number of hydrogen-bond acceptors (Lipinski definition) is 3. The highest BCUT2D eigenvalue weighted by Gasteiger charge is 2.21. The minimum absolute atomic E-state index is 0. The highest BCUT2D eigenvalue weighted by atomic mass is 35.5. The number of thiophene rings is 1. The molecule has 4 nitrogen and oxygen atoms in total. The lowest BCUT2D eigenvalue weighted by Crippen LogP contribution is -2.01. The number of pyridine rings is 1. The summed E-state index contributed by atoms with van der Waals surface area (Å²) in [5.41, 5.74) is 3.11. The van der Waals surface area contributed by atoms with E-state index in [2.05, 4.69) is 15.2 Å². The van der Waals surface area contributed by atoms with E-state index in [1.807, 2.05) is 6.92 Å². The van der Waals surface area contributed by atoms with E-state index in [9.17, 15) is 4.79 Å². The molecule has 3 aromatic heterocycles. The smallest absolute Gasteiger partial charge is 0.273 e. The lowest BCUT2D eigenvalue weighted by molar-refractivity contribution is 0.700. The SMILES string of the molecule is Cc1nc2sc3c(c2c2[nH][nH]c(=O)c12)CCCC3.Cl. The van der Waals surface area contributed by atoms with Crippen molar-refractivity contribution in [1.29, 1.82) is 0 Å². The summed E-state index contributed by atoms with van der Waals surface area (Å²) < 4.78 is 0. The summed E-state index contributed by atoms with van der Waals surface area (Å²) in [7, 11) is 0. The molecule has 0 saturated carbocycles. The van der Waals surface area contributed by atoms with Crippen LogP contribution >= 0.6 is 23.7 Å². The molecule has 0 radical (unpaired) electrons. The standard InChI is InChI=1S/C13H13N3OS.ClH/c1-6-9-11(15-16-12(9)17)10-7-4-2-3-5-8(7)18-13(10)14-6;/h2-5H2,1H3,(H2,15,16,17);1H. The molecule has 0 aromatic carbocycles. The van der Waals surface area contributed by atoms with Crippen LogP contribution in [0.25, 0.3) is 21.1 Å².